The summed E-state index contributed by atoms with van der Waals surface area (Å²) in [6.07, 6.45) is 0.564. The van der Waals surface area contributed by atoms with E-state index in [1.165, 1.54) is 4.90 Å². The van der Waals surface area contributed by atoms with E-state index in [4.69, 9.17) is 11.6 Å². The minimum atomic E-state index is -0.877. The maximum atomic E-state index is 14.1. The molecule has 10 heteroatoms. The van der Waals surface area contributed by atoms with E-state index >= 15 is 0 Å². The van der Waals surface area contributed by atoms with Crippen molar-refractivity contribution >= 4 is 62.7 Å². The lowest BCUT2D eigenvalue weighted by Crippen LogP contribution is -2.53. The third-order valence-corrected chi connectivity index (χ3v) is 10.8. The van der Waals surface area contributed by atoms with Crippen LogP contribution in [0.3, 0.4) is 0 Å². The molecule has 3 aliphatic heterocycles. The summed E-state index contributed by atoms with van der Waals surface area (Å²) in [6, 6.07) is 14.4. The van der Waals surface area contributed by atoms with E-state index < -0.39 is 28.7 Å². The monoisotopic (exact) mass is 577 g/mol. The maximum absolute atomic E-state index is 14.1. The molecule has 3 saturated heterocycles. The lowest BCUT2D eigenvalue weighted by atomic mass is 9.70. The number of carbonyl (C=O) groups excluding carboxylic acids is 3. The largest absolute Gasteiger partial charge is 0.394 e. The standard InChI is InChI=1S/C25H25BrClN3O4S/c1-28-22(32)18-19-24(34)30(17(12-31)13-5-3-2-4-6-13)21(25(19)11-16(26)20(18)35-25)23(33)29-15-9-7-14(27)8-10-15/h2-10,16-21,31H,11-12H2,1H3,(H,28,32)(H,29,33)/t16?,17-,18-,19+,20-,21?,25?/m1/s1. The summed E-state index contributed by atoms with van der Waals surface area (Å²) in [5, 5.41) is 16.5. The third kappa shape index (κ3) is 3.87. The molecule has 3 aliphatic rings. The highest BCUT2D eigenvalue weighted by Gasteiger charge is 2.76. The predicted octanol–water partition coefficient (Wildman–Crippen LogP) is 3.22. The van der Waals surface area contributed by atoms with Crippen LogP contribution in [-0.4, -0.2) is 62.2 Å². The van der Waals surface area contributed by atoms with Crippen LogP contribution < -0.4 is 10.6 Å². The van der Waals surface area contributed by atoms with Crippen LogP contribution in [0.4, 0.5) is 5.69 Å². The number of halogens is 2. The molecule has 0 aromatic heterocycles. The van der Waals surface area contributed by atoms with Crippen LogP contribution in [0.1, 0.15) is 18.0 Å². The van der Waals surface area contributed by atoms with Crippen LogP contribution in [0.5, 0.6) is 0 Å². The number of thioether (sulfide) groups is 1. The quantitative estimate of drug-likeness (QED) is 0.457. The Balaban J connectivity index is 1.61. The fourth-order valence-electron chi connectivity index (χ4n) is 5.94. The Morgan fingerprint density at radius 1 is 1.20 bits per heavy atom. The first-order chi connectivity index (χ1) is 16.8. The van der Waals surface area contributed by atoms with Crippen molar-refractivity contribution in [2.45, 2.75) is 33.3 Å². The van der Waals surface area contributed by atoms with Crippen LogP contribution in [0.15, 0.2) is 54.6 Å². The number of nitrogens with zero attached hydrogens (tertiary/aromatic N) is 1. The average molecular weight is 579 g/mol. The molecule has 3 amide bonds. The molecule has 3 heterocycles. The van der Waals surface area contributed by atoms with Gasteiger partial charge in [0.25, 0.3) is 0 Å². The first-order valence-electron chi connectivity index (χ1n) is 11.4. The maximum Gasteiger partial charge on any atom is 0.248 e. The number of aliphatic hydroxyl groups is 1. The van der Waals surface area contributed by atoms with E-state index in [9.17, 15) is 19.5 Å². The fraction of sp³-hybridized carbons (Fsp3) is 0.400. The van der Waals surface area contributed by atoms with E-state index in [1.807, 2.05) is 30.3 Å². The number of amides is 3. The SMILES string of the molecule is CNC(=O)[C@H]1[C@@H]2SC3(CC2Br)C(C(=O)Nc2ccc(Cl)cc2)N([C@H](CO)c2ccccc2)C(=O)[C@H]13. The van der Waals surface area contributed by atoms with Crippen LogP contribution in [0.2, 0.25) is 5.02 Å². The molecule has 35 heavy (non-hydrogen) atoms. The summed E-state index contributed by atoms with van der Waals surface area (Å²) in [5.74, 6) is -2.05. The Labute approximate surface area is 221 Å². The summed E-state index contributed by atoms with van der Waals surface area (Å²) in [4.78, 5) is 42.5. The Hall–Kier alpha value is -2.07. The van der Waals surface area contributed by atoms with Crippen molar-refractivity contribution in [2.75, 3.05) is 19.0 Å². The second kappa shape index (κ2) is 9.42. The molecule has 1 spiro atoms. The summed E-state index contributed by atoms with van der Waals surface area (Å²) < 4.78 is -0.800. The fourth-order valence-corrected chi connectivity index (χ4v) is 9.67. The highest BCUT2D eigenvalue weighted by Crippen LogP contribution is 2.68. The van der Waals surface area contributed by atoms with Crippen molar-refractivity contribution in [3.8, 4) is 0 Å². The third-order valence-electron chi connectivity index (χ3n) is 7.33. The molecule has 0 radical (unpaired) electrons. The summed E-state index contributed by atoms with van der Waals surface area (Å²) in [6.45, 7) is -0.347. The van der Waals surface area contributed by atoms with Crippen molar-refractivity contribution in [3.63, 3.8) is 0 Å². The molecule has 2 aromatic carbocycles. The molecule has 5 rings (SSSR count). The van der Waals surface area contributed by atoms with E-state index in [0.29, 0.717) is 17.1 Å². The lowest BCUT2D eigenvalue weighted by Gasteiger charge is -2.37. The van der Waals surface area contributed by atoms with Gasteiger partial charge in [0.1, 0.15) is 6.04 Å². The number of hydrogen-bond acceptors (Lipinski definition) is 5. The van der Waals surface area contributed by atoms with Crippen LogP contribution in [-0.2, 0) is 14.4 Å². The van der Waals surface area contributed by atoms with Gasteiger partial charge in [0.2, 0.25) is 17.7 Å². The Kier molecular flexibility index (Phi) is 6.63. The highest BCUT2D eigenvalue weighted by atomic mass is 79.9. The van der Waals surface area contributed by atoms with Crippen molar-refractivity contribution in [3.05, 3.63) is 65.2 Å². The van der Waals surface area contributed by atoms with Gasteiger partial charge in [-0.3, -0.25) is 14.4 Å². The molecule has 7 atom stereocenters. The first-order valence-corrected chi connectivity index (χ1v) is 13.6. The van der Waals surface area contributed by atoms with Gasteiger partial charge in [-0.2, -0.15) is 0 Å². The molecule has 2 bridgehead atoms. The van der Waals surface area contributed by atoms with Crippen molar-refractivity contribution in [1.29, 1.82) is 0 Å². The van der Waals surface area contributed by atoms with Crippen LogP contribution in [0, 0.1) is 11.8 Å². The minimum Gasteiger partial charge on any atom is -0.394 e. The van der Waals surface area contributed by atoms with Gasteiger partial charge < -0.3 is 20.6 Å². The summed E-state index contributed by atoms with van der Waals surface area (Å²) >= 11 is 11.3. The molecule has 3 N–H and O–H groups in total. The van der Waals surface area contributed by atoms with Gasteiger partial charge >= 0.3 is 0 Å². The topological polar surface area (TPSA) is 98.7 Å². The van der Waals surface area contributed by atoms with E-state index in [1.54, 1.807) is 43.1 Å². The predicted molar refractivity (Wildman–Crippen MR) is 139 cm³/mol. The normalized spacial score (nSPS) is 31.8. The zero-order chi connectivity index (χ0) is 24.9. The van der Waals surface area contributed by atoms with E-state index in [-0.39, 0.29) is 34.4 Å². The van der Waals surface area contributed by atoms with Crippen LogP contribution in [0.25, 0.3) is 0 Å². The molecule has 3 unspecified atom stereocenters. The lowest BCUT2D eigenvalue weighted by molar-refractivity contribution is -0.142. The Morgan fingerprint density at radius 2 is 1.89 bits per heavy atom. The van der Waals surface area contributed by atoms with Crippen molar-refractivity contribution in [1.82, 2.24) is 10.2 Å². The minimum absolute atomic E-state index is 0.0195. The number of benzene rings is 2. The number of rotatable bonds is 6. The Morgan fingerprint density at radius 3 is 2.51 bits per heavy atom. The summed E-state index contributed by atoms with van der Waals surface area (Å²) in [5.41, 5.74) is 1.29. The second-order valence-corrected chi connectivity index (χ2v) is 12.3. The number of nitrogens with one attached hydrogen (secondary N) is 2. The molecule has 3 fully saturated rings. The van der Waals surface area contributed by atoms with E-state index in [2.05, 4.69) is 26.6 Å². The first kappa shape index (κ1) is 24.6. The molecular weight excluding hydrogens is 554 g/mol. The van der Waals surface area contributed by atoms with Gasteiger partial charge in [-0.1, -0.05) is 57.9 Å². The van der Waals surface area contributed by atoms with Crippen LogP contribution >= 0.6 is 39.3 Å². The molecule has 2 aromatic rings. The molecule has 0 aliphatic carbocycles. The number of hydrogen-bond donors (Lipinski definition) is 3. The van der Waals surface area contributed by atoms with Crippen molar-refractivity contribution < 1.29 is 19.5 Å². The van der Waals surface area contributed by atoms with Crippen molar-refractivity contribution in [2.24, 2.45) is 11.8 Å². The van der Waals surface area contributed by atoms with Gasteiger partial charge in [0.05, 0.1) is 29.2 Å². The van der Waals surface area contributed by atoms with E-state index in [0.717, 1.165) is 5.56 Å². The van der Waals surface area contributed by atoms with Gasteiger partial charge in [0, 0.05) is 27.8 Å². The molecule has 184 valence electrons. The number of fused-ring (bicyclic) bond motifs is 1. The van der Waals surface area contributed by atoms with Gasteiger partial charge in [0.15, 0.2) is 0 Å². The number of aliphatic hydroxyl groups excluding tert-OH is 1. The molecule has 0 saturated carbocycles. The highest BCUT2D eigenvalue weighted by molar-refractivity contribution is 9.09. The number of likely N-dealkylation sites (tertiary alicyclic amines) is 1. The average Bonchev–Trinajstić information content (AvgIpc) is 3.45. The molecule has 7 nitrogen and oxygen atoms in total. The summed E-state index contributed by atoms with van der Waals surface area (Å²) in [7, 11) is 1.57. The van der Waals surface area contributed by atoms with Gasteiger partial charge in [-0.15, -0.1) is 11.8 Å². The number of anilines is 1. The number of carbonyl (C=O) groups is 3. The second-order valence-electron chi connectivity index (χ2n) is 9.13. The van der Waals surface area contributed by atoms with Gasteiger partial charge in [-0.05, 0) is 36.2 Å². The zero-order valence-electron chi connectivity index (χ0n) is 18.9. The van der Waals surface area contributed by atoms with Gasteiger partial charge in [-0.25, -0.2) is 0 Å². The Bertz CT molecular complexity index is 1150. The molecular formula is C25H25BrClN3O4S. The smallest absolute Gasteiger partial charge is 0.248 e. The zero-order valence-corrected chi connectivity index (χ0v) is 22.0. The number of alkyl halides is 1.